The zero-order chi connectivity index (χ0) is 23.0. The summed E-state index contributed by atoms with van der Waals surface area (Å²) >= 11 is 0. The predicted octanol–water partition coefficient (Wildman–Crippen LogP) is 3.90. The minimum absolute atomic E-state index is 0.118. The topological polar surface area (TPSA) is 108 Å². The van der Waals surface area contributed by atoms with Crippen molar-refractivity contribution in [1.29, 1.82) is 0 Å². The smallest absolute Gasteiger partial charge is 0.335 e. The van der Waals surface area contributed by atoms with Crippen molar-refractivity contribution in [2.75, 3.05) is 13.2 Å². The summed E-state index contributed by atoms with van der Waals surface area (Å²) in [5.74, 6) is -0.999. The molecule has 2 aromatic rings. The van der Waals surface area contributed by atoms with Crippen molar-refractivity contribution in [3.05, 3.63) is 70.3 Å². The number of hydrogen-bond acceptors (Lipinski definition) is 5. The van der Waals surface area contributed by atoms with Crippen LogP contribution in [-0.4, -0.2) is 31.1 Å². The molecule has 0 spiro atoms. The highest BCUT2D eigenvalue weighted by Crippen LogP contribution is 2.51. The fourth-order valence-electron chi connectivity index (χ4n) is 3.35. The molecule has 8 heteroatoms. The summed E-state index contributed by atoms with van der Waals surface area (Å²) < 4.78 is 23.3. The van der Waals surface area contributed by atoms with Crippen molar-refractivity contribution in [2.24, 2.45) is 5.73 Å². The van der Waals surface area contributed by atoms with Gasteiger partial charge in [-0.05, 0) is 62.1 Å². The van der Waals surface area contributed by atoms with E-state index in [1.807, 2.05) is 32.0 Å². The normalized spacial score (nSPS) is 12.4. The number of primary amides is 1. The molecule has 2 aromatic carbocycles. The van der Waals surface area contributed by atoms with Crippen LogP contribution in [0.5, 0.6) is 0 Å². The first-order chi connectivity index (χ1) is 14.7. The highest BCUT2D eigenvalue weighted by Gasteiger charge is 2.25. The molecule has 3 N–H and O–H groups in total. The van der Waals surface area contributed by atoms with E-state index in [-0.39, 0.29) is 19.4 Å². The van der Waals surface area contributed by atoms with Gasteiger partial charge in [-0.25, -0.2) is 0 Å². The number of nitrogens with two attached hydrogens (primary N) is 1. The molecule has 1 atom stereocenters. The number of rotatable bonds is 11. The lowest BCUT2D eigenvalue weighted by molar-refractivity contribution is -0.119. The number of benzene rings is 2. The van der Waals surface area contributed by atoms with Gasteiger partial charge in [-0.3, -0.25) is 14.2 Å². The standard InChI is InChI=1S/C23H31N2O5P/c1-5-29-31(28,30-6-2)15-18-10-12-19(13-11-18)23(27)25-21(22(24)26)14-20-16(3)8-7-9-17(20)4/h7-13,21H,5-6,14-15H2,1-4H3,(H2,24,26)(H,25,27)/t21-/m1/s1. The Hall–Kier alpha value is -2.47. The molecule has 0 aromatic heterocycles. The summed E-state index contributed by atoms with van der Waals surface area (Å²) in [7, 11) is -3.23. The van der Waals surface area contributed by atoms with Gasteiger partial charge in [-0.1, -0.05) is 30.3 Å². The zero-order valence-corrected chi connectivity index (χ0v) is 19.4. The summed E-state index contributed by atoms with van der Waals surface area (Å²) in [5.41, 5.74) is 9.72. The van der Waals surface area contributed by atoms with E-state index in [2.05, 4.69) is 5.32 Å². The SMILES string of the molecule is CCOP(=O)(Cc1ccc(C(=O)N[C@H](Cc2c(C)cccc2C)C(N)=O)cc1)OCC. The molecule has 7 nitrogen and oxygen atoms in total. The van der Waals surface area contributed by atoms with Gasteiger partial charge in [0.1, 0.15) is 6.04 Å². The molecule has 0 aliphatic rings. The van der Waals surface area contributed by atoms with Gasteiger partial charge in [0.15, 0.2) is 0 Å². The van der Waals surface area contributed by atoms with E-state index in [1.165, 1.54) is 0 Å². The molecule has 0 saturated heterocycles. The van der Waals surface area contributed by atoms with Gasteiger partial charge in [-0.15, -0.1) is 0 Å². The first-order valence-electron chi connectivity index (χ1n) is 10.3. The van der Waals surface area contributed by atoms with Crippen molar-refractivity contribution >= 4 is 19.4 Å². The molecular weight excluding hydrogens is 415 g/mol. The Bertz CT molecular complexity index is 929. The van der Waals surface area contributed by atoms with Crippen LogP contribution in [0.3, 0.4) is 0 Å². The van der Waals surface area contributed by atoms with Gasteiger partial charge < -0.3 is 20.1 Å². The predicted molar refractivity (Wildman–Crippen MR) is 121 cm³/mol. The lowest BCUT2D eigenvalue weighted by Crippen LogP contribution is -2.46. The fraction of sp³-hybridized carbons (Fsp3) is 0.391. The summed E-state index contributed by atoms with van der Waals surface area (Å²) in [4.78, 5) is 24.7. The molecule has 2 rings (SSSR count). The molecule has 0 unspecified atom stereocenters. The minimum atomic E-state index is -3.23. The van der Waals surface area contributed by atoms with Crippen LogP contribution in [0.25, 0.3) is 0 Å². The number of carbonyl (C=O) groups excluding carboxylic acids is 2. The van der Waals surface area contributed by atoms with E-state index in [0.29, 0.717) is 12.0 Å². The number of amides is 2. The number of nitrogens with one attached hydrogen (secondary N) is 1. The first-order valence-corrected chi connectivity index (χ1v) is 12.0. The van der Waals surface area contributed by atoms with Gasteiger partial charge in [-0.2, -0.15) is 0 Å². The van der Waals surface area contributed by atoms with Gasteiger partial charge >= 0.3 is 7.60 Å². The minimum Gasteiger partial charge on any atom is -0.368 e. The second-order valence-electron chi connectivity index (χ2n) is 7.30. The maximum Gasteiger partial charge on any atom is 0.335 e. The molecule has 0 bridgehead atoms. The van der Waals surface area contributed by atoms with E-state index >= 15 is 0 Å². The molecule has 0 saturated carbocycles. The maximum absolute atomic E-state index is 12.7. The summed E-state index contributed by atoms with van der Waals surface area (Å²) in [6.07, 6.45) is 0.441. The van der Waals surface area contributed by atoms with Gasteiger partial charge in [0.05, 0.1) is 19.4 Å². The zero-order valence-electron chi connectivity index (χ0n) is 18.5. The molecule has 0 fully saturated rings. The van der Waals surface area contributed by atoms with Crippen molar-refractivity contribution in [3.63, 3.8) is 0 Å². The summed E-state index contributed by atoms with van der Waals surface area (Å²) in [6.45, 7) is 8.01. The van der Waals surface area contributed by atoms with E-state index in [1.54, 1.807) is 38.1 Å². The Labute approximate surface area is 183 Å². The van der Waals surface area contributed by atoms with Gasteiger partial charge in [0.25, 0.3) is 5.91 Å². The lowest BCUT2D eigenvalue weighted by Gasteiger charge is -2.19. The van der Waals surface area contributed by atoms with Crippen molar-refractivity contribution < 1.29 is 23.2 Å². The van der Waals surface area contributed by atoms with Crippen LogP contribution in [-0.2, 0) is 31.0 Å². The van der Waals surface area contributed by atoms with Crippen LogP contribution in [0.1, 0.15) is 46.5 Å². The molecule has 0 aliphatic heterocycles. The van der Waals surface area contributed by atoms with E-state index < -0.39 is 25.5 Å². The molecule has 0 aliphatic carbocycles. The Balaban J connectivity index is 2.11. The van der Waals surface area contributed by atoms with E-state index in [4.69, 9.17) is 14.8 Å². The summed E-state index contributed by atoms with van der Waals surface area (Å²) in [5, 5.41) is 2.73. The Morgan fingerprint density at radius 3 is 2.03 bits per heavy atom. The Morgan fingerprint density at radius 2 is 1.55 bits per heavy atom. The Kier molecular flexibility index (Phi) is 8.99. The van der Waals surface area contributed by atoms with Crippen molar-refractivity contribution in [1.82, 2.24) is 5.32 Å². The van der Waals surface area contributed by atoms with Crippen LogP contribution < -0.4 is 11.1 Å². The van der Waals surface area contributed by atoms with E-state index in [0.717, 1.165) is 22.3 Å². The summed E-state index contributed by atoms with van der Waals surface area (Å²) in [6, 6.07) is 11.7. The van der Waals surface area contributed by atoms with Crippen LogP contribution in [0.15, 0.2) is 42.5 Å². The average molecular weight is 446 g/mol. The van der Waals surface area contributed by atoms with Crippen LogP contribution in [0, 0.1) is 13.8 Å². The third-order valence-electron chi connectivity index (χ3n) is 4.95. The van der Waals surface area contributed by atoms with Crippen LogP contribution >= 0.6 is 7.60 Å². The molecule has 0 radical (unpaired) electrons. The molecule has 31 heavy (non-hydrogen) atoms. The number of carbonyl (C=O) groups is 2. The second-order valence-corrected chi connectivity index (χ2v) is 9.36. The molecule has 0 heterocycles. The highest BCUT2D eigenvalue weighted by atomic mass is 31.2. The first kappa shape index (κ1) is 24.8. The largest absolute Gasteiger partial charge is 0.368 e. The fourth-order valence-corrected chi connectivity index (χ4v) is 5.05. The second kappa shape index (κ2) is 11.2. The lowest BCUT2D eigenvalue weighted by atomic mass is 9.96. The molecule has 2 amide bonds. The van der Waals surface area contributed by atoms with Crippen LogP contribution in [0.4, 0.5) is 0 Å². The molecule has 168 valence electrons. The number of aryl methyl sites for hydroxylation is 2. The van der Waals surface area contributed by atoms with Gasteiger partial charge in [0.2, 0.25) is 5.91 Å². The van der Waals surface area contributed by atoms with Crippen molar-refractivity contribution in [3.8, 4) is 0 Å². The average Bonchev–Trinajstić information content (AvgIpc) is 2.70. The molecular formula is C23H31N2O5P. The third kappa shape index (κ3) is 7.03. The number of hydrogen-bond donors (Lipinski definition) is 2. The highest BCUT2D eigenvalue weighted by molar-refractivity contribution is 7.53. The monoisotopic (exact) mass is 446 g/mol. The van der Waals surface area contributed by atoms with Crippen LogP contribution in [0.2, 0.25) is 0 Å². The quantitative estimate of drug-likeness (QED) is 0.509. The third-order valence-corrected chi connectivity index (χ3v) is 7.00. The van der Waals surface area contributed by atoms with E-state index in [9.17, 15) is 14.2 Å². The maximum atomic E-state index is 12.7. The van der Waals surface area contributed by atoms with Gasteiger partial charge in [0, 0.05) is 12.0 Å². The Morgan fingerprint density at radius 1 is 1.00 bits per heavy atom. The van der Waals surface area contributed by atoms with Crippen molar-refractivity contribution in [2.45, 2.75) is 46.3 Å².